The monoisotopic (exact) mass is 488 g/mol. The van der Waals surface area contributed by atoms with Crippen LogP contribution in [0.5, 0.6) is 11.5 Å². The Morgan fingerprint density at radius 3 is 2.21 bits per heavy atom. The van der Waals surface area contributed by atoms with E-state index >= 15 is 0 Å². The summed E-state index contributed by atoms with van der Waals surface area (Å²) in [5.41, 5.74) is 1.91. The molecular formula is C27H37ClN2O4. The first-order chi connectivity index (χ1) is 16.4. The summed E-state index contributed by atoms with van der Waals surface area (Å²) < 4.78 is 11.3. The SMILES string of the molecule is CCCNC(=O)[C@@H](CC)N(Cc1ccc(Cl)cc1)C(=O)CCc1ccc(OCC)c(OCC)c1. The first kappa shape index (κ1) is 27.5. The summed E-state index contributed by atoms with van der Waals surface area (Å²) in [6, 6.07) is 12.6. The number of carbonyl (C=O) groups is 2. The summed E-state index contributed by atoms with van der Waals surface area (Å²) in [6.45, 7) is 9.81. The number of carbonyl (C=O) groups excluding carboxylic acids is 2. The van der Waals surface area contributed by atoms with Crippen LogP contribution in [0.2, 0.25) is 5.02 Å². The molecule has 0 heterocycles. The Balaban J connectivity index is 2.20. The quantitative estimate of drug-likeness (QED) is 0.386. The number of halogens is 1. The van der Waals surface area contributed by atoms with Gasteiger partial charge in [0.05, 0.1) is 13.2 Å². The minimum atomic E-state index is -0.533. The first-order valence-electron chi connectivity index (χ1n) is 12.1. The van der Waals surface area contributed by atoms with E-state index in [1.807, 2.05) is 58.0 Å². The van der Waals surface area contributed by atoms with Crippen LogP contribution in [0.25, 0.3) is 0 Å². The number of benzene rings is 2. The number of hydrogen-bond donors (Lipinski definition) is 1. The summed E-state index contributed by atoms with van der Waals surface area (Å²) in [7, 11) is 0. The van der Waals surface area contributed by atoms with E-state index in [0.717, 1.165) is 17.5 Å². The van der Waals surface area contributed by atoms with Crippen LogP contribution in [0, 0.1) is 0 Å². The molecule has 0 radical (unpaired) electrons. The van der Waals surface area contributed by atoms with E-state index in [1.165, 1.54) is 0 Å². The molecule has 0 aromatic heterocycles. The number of rotatable bonds is 14. The number of nitrogens with zero attached hydrogens (tertiary/aromatic N) is 1. The molecule has 0 aliphatic heterocycles. The number of amides is 2. The second-order valence-corrected chi connectivity index (χ2v) is 8.45. The first-order valence-corrected chi connectivity index (χ1v) is 12.5. The van der Waals surface area contributed by atoms with E-state index in [0.29, 0.717) is 55.7 Å². The maximum Gasteiger partial charge on any atom is 0.242 e. The Kier molecular flexibility index (Phi) is 11.7. The Labute approximate surface area is 208 Å². The van der Waals surface area contributed by atoms with Crippen LogP contribution in [0.15, 0.2) is 42.5 Å². The standard InChI is InChI=1S/C27H37ClN2O4/c1-5-17-29-27(32)23(6-2)30(19-21-9-13-22(28)14-10-21)26(31)16-12-20-11-15-24(33-7-3)25(18-20)34-8-4/h9-11,13-15,18,23H,5-8,12,16-17,19H2,1-4H3,(H,29,32)/t23-/m1/s1. The van der Waals surface area contributed by atoms with Crippen molar-refractivity contribution < 1.29 is 19.1 Å². The van der Waals surface area contributed by atoms with Gasteiger partial charge in [0.15, 0.2) is 11.5 Å². The van der Waals surface area contributed by atoms with E-state index in [9.17, 15) is 9.59 Å². The third-order valence-corrected chi connectivity index (χ3v) is 5.69. The van der Waals surface area contributed by atoms with Gasteiger partial charge in [-0.25, -0.2) is 0 Å². The van der Waals surface area contributed by atoms with Gasteiger partial charge < -0.3 is 19.7 Å². The average molecular weight is 489 g/mol. The maximum atomic E-state index is 13.4. The van der Waals surface area contributed by atoms with Crippen LogP contribution in [0.3, 0.4) is 0 Å². The molecule has 2 amide bonds. The van der Waals surface area contributed by atoms with Crippen molar-refractivity contribution in [2.24, 2.45) is 0 Å². The summed E-state index contributed by atoms with van der Waals surface area (Å²) >= 11 is 6.03. The molecule has 7 heteroatoms. The second-order valence-electron chi connectivity index (χ2n) is 8.01. The highest BCUT2D eigenvalue weighted by Gasteiger charge is 2.28. The van der Waals surface area contributed by atoms with Crippen molar-refractivity contribution in [2.75, 3.05) is 19.8 Å². The van der Waals surface area contributed by atoms with E-state index in [1.54, 1.807) is 17.0 Å². The summed E-state index contributed by atoms with van der Waals surface area (Å²) in [4.78, 5) is 28.0. The van der Waals surface area contributed by atoms with Crippen molar-refractivity contribution >= 4 is 23.4 Å². The molecule has 1 atom stereocenters. The largest absolute Gasteiger partial charge is 0.490 e. The highest BCUT2D eigenvalue weighted by atomic mass is 35.5. The van der Waals surface area contributed by atoms with Crippen molar-refractivity contribution in [3.8, 4) is 11.5 Å². The topological polar surface area (TPSA) is 67.9 Å². The Morgan fingerprint density at radius 1 is 0.941 bits per heavy atom. The highest BCUT2D eigenvalue weighted by Crippen LogP contribution is 2.29. The zero-order valence-electron chi connectivity index (χ0n) is 20.7. The summed E-state index contributed by atoms with van der Waals surface area (Å²) in [6.07, 6.45) is 2.19. The van der Waals surface area contributed by atoms with Crippen molar-refractivity contribution in [2.45, 2.75) is 66.0 Å². The smallest absolute Gasteiger partial charge is 0.242 e. The molecule has 0 unspecified atom stereocenters. The summed E-state index contributed by atoms with van der Waals surface area (Å²) in [5, 5.41) is 3.58. The lowest BCUT2D eigenvalue weighted by Gasteiger charge is -2.31. The molecule has 186 valence electrons. The van der Waals surface area contributed by atoms with Crippen LogP contribution in [0.4, 0.5) is 0 Å². The predicted molar refractivity (Wildman–Crippen MR) is 136 cm³/mol. The average Bonchev–Trinajstić information content (AvgIpc) is 2.84. The molecule has 0 saturated heterocycles. The molecule has 0 spiro atoms. The van der Waals surface area contributed by atoms with Crippen LogP contribution in [0.1, 0.15) is 58.1 Å². The fraction of sp³-hybridized carbons (Fsp3) is 0.481. The highest BCUT2D eigenvalue weighted by molar-refractivity contribution is 6.30. The zero-order chi connectivity index (χ0) is 24.9. The lowest BCUT2D eigenvalue weighted by molar-refractivity contribution is -0.141. The van der Waals surface area contributed by atoms with E-state index < -0.39 is 6.04 Å². The second kappa shape index (κ2) is 14.5. The van der Waals surface area contributed by atoms with Gasteiger partial charge in [0.25, 0.3) is 0 Å². The van der Waals surface area contributed by atoms with Gasteiger partial charge in [-0.3, -0.25) is 9.59 Å². The molecule has 2 aromatic rings. The van der Waals surface area contributed by atoms with Gasteiger partial charge in [-0.2, -0.15) is 0 Å². The third-order valence-electron chi connectivity index (χ3n) is 5.44. The van der Waals surface area contributed by atoms with Crippen LogP contribution in [-0.2, 0) is 22.6 Å². The van der Waals surface area contributed by atoms with Crippen LogP contribution >= 0.6 is 11.6 Å². The fourth-order valence-corrected chi connectivity index (χ4v) is 3.84. The van der Waals surface area contributed by atoms with Gasteiger partial charge in [-0.05, 0) is 68.5 Å². The van der Waals surface area contributed by atoms with Gasteiger partial charge >= 0.3 is 0 Å². The van der Waals surface area contributed by atoms with Gasteiger partial charge in [-0.15, -0.1) is 0 Å². The van der Waals surface area contributed by atoms with Crippen molar-refractivity contribution in [1.82, 2.24) is 10.2 Å². The number of hydrogen-bond acceptors (Lipinski definition) is 4. The molecule has 0 aliphatic rings. The summed E-state index contributed by atoms with van der Waals surface area (Å²) in [5.74, 6) is 1.19. The van der Waals surface area contributed by atoms with Gasteiger partial charge in [0.2, 0.25) is 11.8 Å². The molecule has 0 saturated carbocycles. The number of nitrogens with one attached hydrogen (secondary N) is 1. The fourth-order valence-electron chi connectivity index (χ4n) is 3.72. The van der Waals surface area contributed by atoms with E-state index in [4.69, 9.17) is 21.1 Å². The maximum absolute atomic E-state index is 13.4. The molecule has 2 rings (SSSR count). The van der Waals surface area contributed by atoms with Gasteiger partial charge in [-0.1, -0.05) is 43.6 Å². The molecule has 0 bridgehead atoms. The molecule has 1 N–H and O–H groups in total. The Morgan fingerprint density at radius 2 is 1.59 bits per heavy atom. The molecule has 6 nitrogen and oxygen atoms in total. The molecule has 0 aliphatic carbocycles. The minimum Gasteiger partial charge on any atom is -0.490 e. The lowest BCUT2D eigenvalue weighted by atomic mass is 10.1. The number of ether oxygens (including phenoxy) is 2. The van der Waals surface area contributed by atoms with Crippen molar-refractivity contribution in [3.63, 3.8) is 0 Å². The van der Waals surface area contributed by atoms with Gasteiger partial charge in [0, 0.05) is 24.5 Å². The number of aryl methyl sites for hydroxylation is 1. The van der Waals surface area contributed by atoms with Crippen molar-refractivity contribution in [1.29, 1.82) is 0 Å². The zero-order valence-corrected chi connectivity index (χ0v) is 21.5. The Bertz CT molecular complexity index is 917. The lowest BCUT2D eigenvalue weighted by Crippen LogP contribution is -2.49. The molecule has 34 heavy (non-hydrogen) atoms. The van der Waals surface area contributed by atoms with Crippen molar-refractivity contribution in [3.05, 3.63) is 58.6 Å². The van der Waals surface area contributed by atoms with E-state index in [2.05, 4.69) is 5.32 Å². The van der Waals surface area contributed by atoms with Crippen LogP contribution in [-0.4, -0.2) is 42.5 Å². The minimum absolute atomic E-state index is 0.0692. The van der Waals surface area contributed by atoms with Gasteiger partial charge in [0.1, 0.15) is 6.04 Å². The van der Waals surface area contributed by atoms with Crippen LogP contribution < -0.4 is 14.8 Å². The molecule has 2 aromatic carbocycles. The third kappa shape index (κ3) is 8.24. The van der Waals surface area contributed by atoms with E-state index in [-0.39, 0.29) is 18.2 Å². The Hall–Kier alpha value is -2.73. The molecule has 0 fully saturated rings. The predicted octanol–water partition coefficient (Wildman–Crippen LogP) is 5.40. The normalized spacial score (nSPS) is 11.6. The molecular weight excluding hydrogens is 452 g/mol.